The van der Waals surface area contributed by atoms with Crippen LogP contribution in [0.2, 0.25) is 0 Å². The van der Waals surface area contributed by atoms with Gasteiger partial charge in [0.2, 0.25) is 5.91 Å². The minimum Gasteiger partial charge on any atom is -0.348 e. The maximum absolute atomic E-state index is 12.9. The van der Waals surface area contributed by atoms with Crippen LogP contribution in [0.15, 0.2) is 35.9 Å². The van der Waals surface area contributed by atoms with Crippen LogP contribution in [-0.2, 0) is 22.6 Å². The Bertz CT molecular complexity index is 1070. The molecule has 6 heteroatoms. The molecule has 0 bridgehead atoms. The minimum absolute atomic E-state index is 0.00808. The van der Waals surface area contributed by atoms with E-state index in [0.29, 0.717) is 12.5 Å². The Kier molecular flexibility index (Phi) is 6.65. The molecule has 6 nitrogen and oxygen atoms in total. The van der Waals surface area contributed by atoms with Crippen LogP contribution >= 0.6 is 0 Å². The smallest absolute Gasteiger partial charge is 0.262 e. The highest BCUT2D eigenvalue weighted by atomic mass is 16.2. The normalized spacial score (nSPS) is 14.4. The molecule has 1 aromatic heterocycles. The maximum atomic E-state index is 12.9. The number of para-hydroxylation sites is 1. The molecule has 1 aliphatic rings. The summed E-state index contributed by atoms with van der Waals surface area (Å²) in [6.07, 6.45) is 2.41. The number of rotatable bonds is 6. The third kappa shape index (κ3) is 4.72. The number of benzene rings is 1. The Labute approximate surface area is 184 Å². The second-order valence-electron chi connectivity index (χ2n) is 8.56. The van der Waals surface area contributed by atoms with Gasteiger partial charge in [0, 0.05) is 30.2 Å². The lowest BCUT2D eigenvalue weighted by Gasteiger charge is -2.22. The van der Waals surface area contributed by atoms with Crippen LogP contribution < -0.4 is 10.2 Å². The average Bonchev–Trinajstić information content (AvgIpc) is 3.27. The van der Waals surface area contributed by atoms with Gasteiger partial charge < -0.3 is 14.8 Å². The molecule has 0 saturated carbocycles. The fourth-order valence-electron chi connectivity index (χ4n) is 4.06. The average molecular weight is 419 g/mol. The zero-order valence-corrected chi connectivity index (χ0v) is 18.9. The predicted octanol–water partition coefficient (Wildman–Crippen LogP) is 3.76. The van der Waals surface area contributed by atoms with Gasteiger partial charge in [0.25, 0.3) is 5.91 Å². The first-order valence-electron chi connectivity index (χ1n) is 10.7. The van der Waals surface area contributed by atoms with Crippen LogP contribution in [0.3, 0.4) is 0 Å². The second-order valence-corrected chi connectivity index (χ2v) is 8.56. The quantitative estimate of drug-likeness (QED) is 0.573. The van der Waals surface area contributed by atoms with E-state index >= 15 is 0 Å². The third-order valence-corrected chi connectivity index (χ3v) is 5.70. The molecule has 0 aliphatic carbocycles. The summed E-state index contributed by atoms with van der Waals surface area (Å²) in [5.74, 6) is -0.224. The number of nitrogens with one attached hydrogen (secondary N) is 1. The zero-order valence-electron chi connectivity index (χ0n) is 18.9. The molecule has 0 spiro atoms. The fourth-order valence-corrected chi connectivity index (χ4v) is 4.06. The highest BCUT2D eigenvalue weighted by Gasteiger charge is 2.29. The Balaban J connectivity index is 1.74. The van der Waals surface area contributed by atoms with Gasteiger partial charge in [0.15, 0.2) is 0 Å². The van der Waals surface area contributed by atoms with Crippen molar-refractivity contribution in [3.63, 3.8) is 0 Å². The van der Waals surface area contributed by atoms with Crippen LogP contribution in [0.5, 0.6) is 0 Å². The summed E-state index contributed by atoms with van der Waals surface area (Å²) >= 11 is 0. The van der Waals surface area contributed by atoms with Gasteiger partial charge in [-0.3, -0.25) is 9.59 Å². The van der Waals surface area contributed by atoms with Crippen molar-refractivity contribution in [1.82, 2.24) is 9.88 Å². The summed E-state index contributed by atoms with van der Waals surface area (Å²) in [6, 6.07) is 11.0. The van der Waals surface area contributed by atoms with E-state index < -0.39 is 11.9 Å². The molecule has 1 N–H and O–H groups in total. The topological polar surface area (TPSA) is 78.1 Å². The molecule has 2 heterocycles. The molecule has 0 saturated heterocycles. The monoisotopic (exact) mass is 418 g/mol. The van der Waals surface area contributed by atoms with Gasteiger partial charge in [-0.25, -0.2) is 0 Å². The van der Waals surface area contributed by atoms with Crippen LogP contribution in [0.25, 0.3) is 6.08 Å². The van der Waals surface area contributed by atoms with Crippen molar-refractivity contribution in [2.75, 3.05) is 11.4 Å². The molecule has 31 heavy (non-hydrogen) atoms. The van der Waals surface area contributed by atoms with Crippen molar-refractivity contribution in [2.45, 2.75) is 53.6 Å². The molecule has 1 unspecified atom stereocenters. The Hall–Kier alpha value is -3.33. The summed E-state index contributed by atoms with van der Waals surface area (Å²) < 4.78 is 2.19. The van der Waals surface area contributed by atoms with Crippen molar-refractivity contribution >= 4 is 23.6 Å². The molecule has 3 rings (SSSR count). The van der Waals surface area contributed by atoms with E-state index in [1.807, 2.05) is 50.2 Å². The largest absolute Gasteiger partial charge is 0.348 e. The number of hydrogen-bond donors (Lipinski definition) is 1. The van der Waals surface area contributed by atoms with E-state index in [0.717, 1.165) is 41.2 Å². The number of carbonyl (C=O) groups is 2. The van der Waals surface area contributed by atoms with Crippen LogP contribution in [0.4, 0.5) is 5.69 Å². The second kappa shape index (κ2) is 9.22. The number of aryl methyl sites for hydroxylation is 1. The van der Waals surface area contributed by atoms with Crippen LogP contribution in [0.1, 0.15) is 43.3 Å². The predicted molar refractivity (Wildman–Crippen MR) is 122 cm³/mol. The van der Waals surface area contributed by atoms with Gasteiger partial charge in [-0.1, -0.05) is 32.0 Å². The van der Waals surface area contributed by atoms with E-state index in [1.54, 1.807) is 17.9 Å². The molecular weight excluding hydrogens is 388 g/mol. The highest BCUT2D eigenvalue weighted by molar-refractivity contribution is 6.06. The number of carbonyl (C=O) groups excluding carboxylic acids is 2. The van der Waals surface area contributed by atoms with Crippen LogP contribution in [0, 0.1) is 31.1 Å². The molecule has 1 atom stereocenters. The van der Waals surface area contributed by atoms with Crippen molar-refractivity contribution in [1.29, 1.82) is 5.26 Å². The first-order chi connectivity index (χ1) is 14.7. The van der Waals surface area contributed by atoms with E-state index in [9.17, 15) is 14.9 Å². The van der Waals surface area contributed by atoms with Crippen molar-refractivity contribution in [3.05, 3.63) is 58.4 Å². The number of nitriles is 1. The molecule has 0 radical (unpaired) electrons. The van der Waals surface area contributed by atoms with E-state index in [-0.39, 0.29) is 11.5 Å². The molecule has 2 aromatic rings. The van der Waals surface area contributed by atoms with Gasteiger partial charge >= 0.3 is 0 Å². The summed E-state index contributed by atoms with van der Waals surface area (Å²) in [4.78, 5) is 27.4. The minimum atomic E-state index is -0.733. The molecular formula is C25H30N4O2. The van der Waals surface area contributed by atoms with Gasteiger partial charge in [0.1, 0.15) is 17.7 Å². The first-order valence-corrected chi connectivity index (χ1v) is 10.7. The summed E-state index contributed by atoms with van der Waals surface area (Å²) in [5.41, 5.74) is 4.96. The Morgan fingerprint density at radius 1 is 1.23 bits per heavy atom. The van der Waals surface area contributed by atoms with Gasteiger partial charge in [-0.05, 0) is 62.4 Å². The molecule has 0 fully saturated rings. The lowest BCUT2D eigenvalue weighted by molar-refractivity contribution is -0.125. The van der Waals surface area contributed by atoms with E-state index in [1.165, 1.54) is 0 Å². The van der Waals surface area contributed by atoms with Gasteiger partial charge in [-0.2, -0.15) is 5.26 Å². The maximum Gasteiger partial charge on any atom is 0.262 e. The first kappa shape index (κ1) is 22.4. The van der Waals surface area contributed by atoms with Gasteiger partial charge in [0.05, 0.1) is 0 Å². The summed E-state index contributed by atoms with van der Waals surface area (Å²) in [7, 11) is 0. The lowest BCUT2D eigenvalue weighted by atomic mass is 10.1. The fraction of sp³-hybridized carbons (Fsp3) is 0.400. The van der Waals surface area contributed by atoms with Crippen molar-refractivity contribution in [2.24, 2.45) is 5.92 Å². The number of fused-ring (bicyclic) bond motifs is 1. The molecule has 162 valence electrons. The van der Waals surface area contributed by atoms with Gasteiger partial charge in [-0.15, -0.1) is 0 Å². The van der Waals surface area contributed by atoms with Crippen LogP contribution in [-0.4, -0.2) is 29.0 Å². The number of aromatic nitrogens is 1. The number of nitrogens with zero attached hydrogens (tertiary/aromatic N) is 3. The number of anilines is 1. The number of hydrogen-bond acceptors (Lipinski definition) is 3. The standard InChI is InChI=1S/C25H30N4O2/c1-16(2)15-29-17(3)12-21(19(29)5)13-22(14-26)24(30)27-18(4)25(31)28-11-10-20-8-6-7-9-23(20)28/h6-9,12-13,16,18H,10-11,15H2,1-5H3,(H,27,30)/b22-13-. The molecule has 2 amide bonds. The zero-order chi connectivity index (χ0) is 22.7. The summed E-state index contributed by atoms with van der Waals surface area (Å²) in [5, 5.41) is 12.3. The Morgan fingerprint density at radius 3 is 2.61 bits per heavy atom. The highest BCUT2D eigenvalue weighted by Crippen LogP contribution is 2.28. The van der Waals surface area contributed by atoms with E-state index in [2.05, 4.69) is 23.7 Å². The molecule has 1 aliphatic heterocycles. The third-order valence-electron chi connectivity index (χ3n) is 5.70. The molecule has 1 aromatic carbocycles. The Morgan fingerprint density at radius 2 is 1.94 bits per heavy atom. The number of amides is 2. The van der Waals surface area contributed by atoms with E-state index in [4.69, 9.17) is 0 Å². The summed E-state index contributed by atoms with van der Waals surface area (Å²) in [6.45, 7) is 11.5. The lowest BCUT2D eigenvalue weighted by Crippen LogP contribution is -2.46. The van der Waals surface area contributed by atoms with Crippen molar-refractivity contribution < 1.29 is 9.59 Å². The van der Waals surface area contributed by atoms with Crippen molar-refractivity contribution in [3.8, 4) is 6.07 Å². The SMILES string of the molecule is Cc1cc(/C=C(/C#N)C(=O)NC(C)C(=O)N2CCc3ccccc32)c(C)n1CC(C)C.